The SMILES string of the molecule is CCCCC(CCCCCCC(CC/C=C/CC(=O)O)OC(C)C)OC(C)C. The first-order valence-electron chi connectivity index (χ1n) is 11.5. The number of carboxylic acid groups (broad SMARTS) is 1. The molecule has 0 saturated heterocycles. The van der Waals surface area contributed by atoms with Crippen LogP contribution in [0.2, 0.25) is 0 Å². The molecular weight excluding hydrogens is 352 g/mol. The maximum absolute atomic E-state index is 10.5. The summed E-state index contributed by atoms with van der Waals surface area (Å²) in [6.07, 6.45) is 17.8. The molecule has 4 nitrogen and oxygen atoms in total. The van der Waals surface area contributed by atoms with E-state index in [0.717, 1.165) is 19.3 Å². The maximum atomic E-state index is 10.5. The average molecular weight is 399 g/mol. The second-order valence-electron chi connectivity index (χ2n) is 8.39. The molecule has 1 N–H and O–H groups in total. The van der Waals surface area contributed by atoms with Crippen molar-refractivity contribution in [2.45, 2.75) is 136 Å². The van der Waals surface area contributed by atoms with Crippen LogP contribution in [0.4, 0.5) is 0 Å². The van der Waals surface area contributed by atoms with Gasteiger partial charge >= 0.3 is 5.97 Å². The van der Waals surface area contributed by atoms with Crippen LogP contribution in [0.3, 0.4) is 0 Å². The minimum absolute atomic E-state index is 0.107. The predicted octanol–water partition coefficient (Wildman–Crippen LogP) is 6.92. The predicted molar refractivity (Wildman–Crippen MR) is 118 cm³/mol. The minimum atomic E-state index is -0.776. The fourth-order valence-corrected chi connectivity index (χ4v) is 3.44. The van der Waals surface area contributed by atoms with Gasteiger partial charge in [0.05, 0.1) is 30.8 Å². The summed E-state index contributed by atoms with van der Waals surface area (Å²) < 4.78 is 12.1. The summed E-state index contributed by atoms with van der Waals surface area (Å²) in [5, 5.41) is 8.66. The van der Waals surface area contributed by atoms with Crippen LogP contribution in [-0.4, -0.2) is 35.5 Å². The van der Waals surface area contributed by atoms with Crippen molar-refractivity contribution in [2.75, 3.05) is 0 Å². The zero-order valence-corrected chi connectivity index (χ0v) is 19.1. The molecule has 166 valence electrons. The average Bonchev–Trinajstić information content (AvgIpc) is 2.60. The van der Waals surface area contributed by atoms with Gasteiger partial charge in [-0.3, -0.25) is 4.79 Å². The Kier molecular flexibility index (Phi) is 17.6. The van der Waals surface area contributed by atoms with Crippen molar-refractivity contribution in [1.82, 2.24) is 0 Å². The maximum Gasteiger partial charge on any atom is 0.307 e. The summed E-state index contributed by atoms with van der Waals surface area (Å²) in [5.74, 6) is -0.776. The van der Waals surface area contributed by atoms with E-state index in [0.29, 0.717) is 12.2 Å². The fraction of sp³-hybridized carbons (Fsp3) is 0.875. The van der Waals surface area contributed by atoms with Crippen LogP contribution in [0.15, 0.2) is 12.2 Å². The van der Waals surface area contributed by atoms with E-state index in [1.165, 1.54) is 51.4 Å². The molecule has 0 aromatic heterocycles. The standard InChI is InChI=1S/C24H46O4/c1-6-7-15-22(27-20(2)3)16-11-8-9-12-17-23(28-21(4)5)18-13-10-14-19-24(25)26/h10,14,20-23H,6-9,11-13,15-19H2,1-5H3,(H,25,26)/b14-10+. The highest BCUT2D eigenvalue weighted by Crippen LogP contribution is 2.18. The van der Waals surface area contributed by atoms with Gasteiger partial charge in [0.2, 0.25) is 0 Å². The first-order chi connectivity index (χ1) is 13.3. The van der Waals surface area contributed by atoms with Crippen LogP contribution >= 0.6 is 0 Å². The molecule has 0 rings (SSSR count). The lowest BCUT2D eigenvalue weighted by atomic mass is 10.0. The number of allylic oxidation sites excluding steroid dienone is 1. The molecule has 0 heterocycles. The topological polar surface area (TPSA) is 55.8 Å². The van der Waals surface area contributed by atoms with E-state index in [2.05, 4.69) is 34.6 Å². The Hall–Kier alpha value is -0.870. The third-order valence-electron chi connectivity index (χ3n) is 4.73. The Bertz CT molecular complexity index is 390. The van der Waals surface area contributed by atoms with Gasteiger partial charge in [-0.15, -0.1) is 0 Å². The molecule has 2 atom stereocenters. The number of ether oxygens (including phenoxy) is 2. The molecular formula is C24H46O4. The van der Waals surface area contributed by atoms with E-state index in [1.807, 2.05) is 6.08 Å². The van der Waals surface area contributed by atoms with Crippen molar-refractivity contribution in [2.24, 2.45) is 0 Å². The van der Waals surface area contributed by atoms with Crippen LogP contribution in [0, 0.1) is 0 Å². The van der Waals surface area contributed by atoms with Crippen molar-refractivity contribution in [3.63, 3.8) is 0 Å². The molecule has 0 fully saturated rings. The first-order valence-corrected chi connectivity index (χ1v) is 11.5. The lowest BCUT2D eigenvalue weighted by molar-refractivity contribution is -0.136. The van der Waals surface area contributed by atoms with Gasteiger partial charge in [-0.1, -0.05) is 57.6 Å². The van der Waals surface area contributed by atoms with E-state index in [1.54, 1.807) is 6.08 Å². The third-order valence-corrected chi connectivity index (χ3v) is 4.73. The number of aliphatic carboxylic acids is 1. The highest BCUT2D eigenvalue weighted by Gasteiger charge is 2.12. The Morgan fingerprint density at radius 3 is 1.75 bits per heavy atom. The Balaban J connectivity index is 4.01. The molecule has 0 saturated carbocycles. The molecule has 0 aromatic rings. The Morgan fingerprint density at radius 1 is 0.786 bits per heavy atom. The third kappa shape index (κ3) is 18.5. The number of carbonyl (C=O) groups is 1. The molecule has 0 aliphatic carbocycles. The summed E-state index contributed by atoms with van der Waals surface area (Å²) in [6, 6.07) is 0. The van der Waals surface area contributed by atoms with Crippen LogP contribution < -0.4 is 0 Å². The highest BCUT2D eigenvalue weighted by molar-refractivity contribution is 5.68. The number of unbranched alkanes of at least 4 members (excludes halogenated alkanes) is 4. The molecule has 0 aliphatic heterocycles. The van der Waals surface area contributed by atoms with Crippen LogP contribution in [0.1, 0.15) is 112 Å². The number of rotatable bonds is 19. The lowest BCUT2D eigenvalue weighted by Crippen LogP contribution is -2.18. The molecule has 0 radical (unpaired) electrons. The van der Waals surface area contributed by atoms with E-state index in [9.17, 15) is 4.79 Å². The summed E-state index contributed by atoms with van der Waals surface area (Å²) in [6.45, 7) is 10.7. The Morgan fingerprint density at radius 2 is 1.29 bits per heavy atom. The molecule has 28 heavy (non-hydrogen) atoms. The second-order valence-corrected chi connectivity index (χ2v) is 8.39. The van der Waals surface area contributed by atoms with Gasteiger partial charge in [-0.05, 0) is 59.8 Å². The van der Waals surface area contributed by atoms with Crippen LogP contribution in [-0.2, 0) is 14.3 Å². The highest BCUT2D eigenvalue weighted by atomic mass is 16.5. The van der Waals surface area contributed by atoms with Crippen molar-refractivity contribution in [1.29, 1.82) is 0 Å². The first kappa shape index (κ1) is 27.1. The minimum Gasteiger partial charge on any atom is -0.481 e. The Labute approximate surface area is 174 Å². The van der Waals surface area contributed by atoms with E-state index < -0.39 is 5.97 Å². The summed E-state index contributed by atoms with van der Waals surface area (Å²) >= 11 is 0. The van der Waals surface area contributed by atoms with Gasteiger partial charge in [0.15, 0.2) is 0 Å². The van der Waals surface area contributed by atoms with Crippen molar-refractivity contribution in [3.8, 4) is 0 Å². The van der Waals surface area contributed by atoms with Crippen molar-refractivity contribution >= 4 is 5.97 Å². The summed E-state index contributed by atoms with van der Waals surface area (Å²) in [4.78, 5) is 10.5. The molecule has 0 spiro atoms. The molecule has 4 heteroatoms. The zero-order chi connectivity index (χ0) is 21.2. The normalized spacial score (nSPS) is 14.2. The van der Waals surface area contributed by atoms with Crippen molar-refractivity contribution < 1.29 is 19.4 Å². The lowest BCUT2D eigenvalue weighted by Gasteiger charge is -2.21. The quantitative estimate of drug-likeness (QED) is 0.190. The molecule has 2 unspecified atom stereocenters. The van der Waals surface area contributed by atoms with Gasteiger partial charge in [0.1, 0.15) is 0 Å². The fourth-order valence-electron chi connectivity index (χ4n) is 3.44. The van der Waals surface area contributed by atoms with Crippen molar-refractivity contribution in [3.05, 3.63) is 12.2 Å². The van der Waals surface area contributed by atoms with Gasteiger partial charge < -0.3 is 14.6 Å². The number of carboxylic acids is 1. The van der Waals surface area contributed by atoms with E-state index >= 15 is 0 Å². The molecule has 0 bridgehead atoms. The summed E-state index contributed by atoms with van der Waals surface area (Å²) in [7, 11) is 0. The molecule has 0 amide bonds. The van der Waals surface area contributed by atoms with E-state index in [4.69, 9.17) is 14.6 Å². The van der Waals surface area contributed by atoms with Crippen LogP contribution in [0.25, 0.3) is 0 Å². The largest absolute Gasteiger partial charge is 0.481 e. The zero-order valence-electron chi connectivity index (χ0n) is 19.1. The van der Waals surface area contributed by atoms with Gasteiger partial charge in [-0.2, -0.15) is 0 Å². The van der Waals surface area contributed by atoms with Gasteiger partial charge in [-0.25, -0.2) is 0 Å². The second kappa shape index (κ2) is 18.2. The van der Waals surface area contributed by atoms with Crippen LogP contribution in [0.5, 0.6) is 0 Å². The van der Waals surface area contributed by atoms with E-state index in [-0.39, 0.29) is 18.6 Å². The monoisotopic (exact) mass is 398 g/mol. The number of hydrogen-bond acceptors (Lipinski definition) is 3. The molecule has 0 aromatic carbocycles. The summed E-state index contributed by atoms with van der Waals surface area (Å²) in [5.41, 5.74) is 0. The number of hydrogen-bond donors (Lipinski definition) is 1. The van der Waals surface area contributed by atoms with Gasteiger partial charge in [0.25, 0.3) is 0 Å². The smallest absolute Gasteiger partial charge is 0.307 e. The van der Waals surface area contributed by atoms with Gasteiger partial charge in [0, 0.05) is 0 Å². The molecule has 0 aliphatic rings.